The lowest BCUT2D eigenvalue weighted by atomic mass is 10.0. The molecule has 1 aromatic rings. The number of thiophene rings is 1. The van der Waals surface area contributed by atoms with Crippen molar-refractivity contribution in [2.45, 2.75) is 44.8 Å². The van der Waals surface area contributed by atoms with E-state index in [1.807, 2.05) is 0 Å². The average molecular weight is 225 g/mol. The Kier molecular flexibility index (Phi) is 3.78. The topological polar surface area (TPSA) is 32.3 Å². The molecule has 1 saturated heterocycles. The van der Waals surface area contributed by atoms with Gasteiger partial charge in [-0.25, -0.2) is 0 Å². The van der Waals surface area contributed by atoms with Crippen LogP contribution in [0.4, 0.5) is 0 Å². The second kappa shape index (κ2) is 5.10. The summed E-state index contributed by atoms with van der Waals surface area (Å²) in [5, 5.41) is 13.7. The molecule has 1 fully saturated rings. The molecule has 3 heteroatoms. The van der Waals surface area contributed by atoms with E-state index in [4.69, 9.17) is 0 Å². The Morgan fingerprint density at radius 2 is 2.27 bits per heavy atom. The van der Waals surface area contributed by atoms with Gasteiger partial charge in [0.25, 0.3) is 0 Å². The van der Waals surface area contributed by atoms with Crippen LogP contribution in [0, 0.1) is 6.92 Å². The average Bonchev–Trinajstić information content (AvgIpc) is 2.53. The number of aliphatic hydroxyl groups excluding tert-OH is 1. The summed E-state index contributed by atoms with van der Waals surface area (Å²) in [6.45, 7) is 3.13. The van der Waals surface area contributed by atoms with Crippen molar-refractivity contribution in [2.75, 3.05) is 6.54 Å². The molecule has 1 aliphatic rings. The number of aliphatic hydroxyl groups is 1. The van der Waals surface area contributed by atoms with Gasteiger partial charge in [0, 0.05) is 15.8 Å². The zero-order valence-electron chi connectivity index (χ0n) is 9.20. The van der Waals surface area contributed by atoms with Crippen LogP contribution in [0.2, 0.25) is 0 Å². The predicted molar refractivity (Wildman–Crippen MR) is 64.3 cm³/mol. The van der Waals surface area contributed by atoms with Gasteiger partial charge in [-0.2, -0.15) is 0 Å². The second-order valence-corrected chi connectivity index (χ2v) is 5.62. The maximum atomic E-state index is 10.2. The first-order valence-electron chi connectivity index (χ1n) is 5.75. The molecule has 2 heterocycles. The molecule has 0 aliphatic carbocycles. The van der Waals surface area contributed by atoms with E-state index < -0.39 is 0 Å². The van der Waals surface area contributed by atoms with Gasteiger partial charge in [0.1, 0.15) is 6.10 Å². The molecule has 0 aromatic carbocycles. The highest BCUT2D eigenvalue weighted by molar-refractivity contribution is 7.12. The summed E-state index contributed by atoms with van der Waals surface area (Å²) in [5.74, 6) is 0. The lowest BCUT2D eigenvalue weighted by molar-refractivity contribution is 0.129. The van der Waals surface area contributed by atoms with Crippen LogP contribution in [0.25, 0.3) is 0 Å². The van der Waals surface area contributed by atoms with Crippen molar-refractivity contribution in [3.8, 4) is 0 Å². The molecule has 2 rings (SSSR count). The molecule has 0 amide bonds. The summed E-state index contributed by atoms with van der Waals surface area (Å²) in [4.78, 5) is 2.38. The van der Waals surface area contributed by atoms with Gasteiger partial charge in [0.05, 0.1) is 0 Å². The van der Waals surface area contributed by atoms with Crippen molar-refractivity contribution >= 4 is 11.3 Å². The van der Waals surface area contributed by atoms with Crippen LogP contribution < -0.4 is 5.32 Å². The fourth-order valence-electron chi connectivity index (χ4n) is 2.14. The monoisotopic (exact) mass is 225 g/mol. The lowest BCUT2D eigenvalue weighted by Gasteiger charge is -2.21. The van der Waals surface area contributed by atoms with Crippen LogP contribution in [0.5, 0.6) is 0 Å². The largest absolute Gasteiger partial charge is 0.386 e. The van der Waals surface area contributed by atoms with Gasteiger partial charge in [-0.15, -0.1) is 11.3 Å². The highest BCUT2D eigenvalue weighted by Crippen LogP contribution is 2.28. The summed E-state index contributed by atoms with van der Waals surface area (Å²) in [6, 6.07) is 4.39. The van der Waals surface area contributed by atoms with Crippen molar-refractivity contribution < 1.29 is 5.11 Å². The van der Waals surface area contributed by atoms with E-state index in [1.165, 1.54) is 24.1 Å². The van der Waals surface area contributed by atoms with Gasteiger partial charge < -0.3 is 10.4 Å². The number of nitrogens with one attached hydrogen (secondary N) is 1. The Morgan fingerprint density at radius 3 is 3.00 bits per heavy atom. The molecular weight excluding hydrogens is 206 g/mol. The van der Waals surface area contributed by atoms with Crippen LogP contribution in [0.3, 0.4) is 0 Å². The predicted octanol–water partition coefficient (Wildman–Crippen LogP) is 2.62. The van der Waals surface area contributed by atoms with Crippen LogP contribution in [-0.2, 0) is 0 Å². The summed E-state index contributed by atoms with van der Waals surface area (Å²) >= 11 is 1.71. The Balaban J connectivity index is 2.02. The zero-order valence-corrected chi connectivity index (χ0v) is 10.0. The normalized spacial score (nSPS) is 24.8. The van der Waals surface area contributed by atoms with E-state index in [2.05, 4.69) is 24.4 Å². The molecule has 1 aliphatic heterocycles. The highest BCUT2D eigenvalue weighted by atomic mass is 32.1. The second-order valence-electron chi connectivity index (χ2n) is 4.30. The first kappa shape index (κ1) is 11.1. The van der Waals surface area contributed by atoms with Crippen molar-refractivity contribution in [1.29, 1.82) is 0 Å². The van der Waals surface area contributed by atoms with Gasteiger partial charge in [0.15, 0.2) is 0 Å². The molecule has 2 atom stereocenters. The van der Waals surface area contributed by atoms with E-state index in [9.17, 15) is 5.11 Å². The van der Waals surface area contributed by atoms with Crippen molar-refractivity contribution in [1.82, 2.24) is 5.32 Å². The van der Waals surface area contributed by atoms with E-state index >= 15 is 0 Å². The number of aryl methyl sites for hydroxylation is 1. The molecule has 15 heavy (non-hydrogen) atoms. The fourth-order valence-corrected chi connectivity index (χ4v) is 3.06. The van der Waals surface area contributed by atoms with Crippen molar-refractivity contribution in [2.24, 2.45) is 0 Å². The quantitative estimate of drug-likeness (QED) is 0.811. The third-order valence-electron chi connectivity index (χ3n) is 3.03. The van der Waals surface area contributed by atoms with E-state index in [-0.39, 0.29) is 12.1 Å². The molecule has 2 N–H and O–H groups in total. The van der Waals surface area contributed by atoms with Crippen LogP contribution in [-0.4, -0.2) is 17.7 Å². The Hall–Kier alpha value is -0.380. The molecule has 1 aromatic heterocycles. The van der Waals surface area contributed by atoms with E-state index in [0.29, 0.717) is 0 Å². The third-order valence-corrected chi connectivity index (χ3v) is 4.10. The molecule has 0 spiro atoms. The van der Waals surface area contributed by atoms with Crippen molar-refractivity contribution in [3.63, 3.8) is 0 Å². The Morgan fingerprint density at radius 1 is 1.40 bits per heavy atom. The molecule has 2 nitrogen and oxygen atoms in total. The third kappa shape index (κ3) is 2.80. The maximum absolute atomic E-state index is 10.2. The molecule has 2 unspecified atom stereocenters. The maximum Gasteiger partial charge on any atom is 0.103 e. The van der Waals surface area contributed by atoms with Crippen molar-refractivity contribution in [3.05, 3.63) is 21.9 Å². The molecule has 0 saturated carbocycles. The first-order chi connectivity index (χ1) is 7.27. The summed E-state index contributed by atoms with van der Waals surface area (Å²) in [7, 11) is 0. The Bertz CT molecular complexity index is 302. The number of rotatable bonds is 2. The number of hydrogen-bond donors (Lipinski definition) is 2. The molecular formula is C12H19NOS. The summed E-state index contributed by atoms with van der Waals surface area (Å²) < 4.78 is 0. The van der Waals surface area contributed by atoms with Gasteiger partial charge in [-0.3, -0.25) is 0 Å². The first-order valence-corrected chi connectivity index (χ1v) is 6.57. The number of hydrogen-bond acceptors (Lipinski definition) is 3. The van der Waals surface area contributed by atoms with Gasteiger partial charge in [0.2, 0.25) is 0 Å². The molecule has 0 bridgehead atoms. The zero-order chi connectivity index (χ0) is 10.7. The summed E-state index contributed by atoms with van der Waals surface area (Å²) in [5.41, 5.74) is 0. The lowest BCUT2D eigenvalue weighted by Crippen LogP contribution is -2.33. The van der Waals surface area contributed by atoms with Gasteiger partial charge in [-0.1, -0.05) is 12.8 Å². The van der Waals surface area contributed by atoms with Crippen LogP contribution in [0.15, 0.2) is 12.1 Å². The fraction of sp³-hybridized carbons (Fsp3) is 0.667. The SMILES string of the molecule is Cc1ccc(C(O)C2CCCCCN2)s1. The van der Waals surface area contributed by atoms with Gasteiger partial charge in [-0.05, 0) is 38.4 Å². The summed E-state index contributed by atoms with van der Waals surface area (Å²) in [6.07, 6.45) is 4.55. The standard InChI is InChI=1S/C12H19NOS/c1-9-6-7-11(15-9)12(14)10-5-3-2-4-8-13-10/h6-7,10,12-14H,2-5,8H2,1H3. The minimum absolute atomic E-state index is 0.255. The van der Waals surface area contributed by atoms with E-state index in [1.54, 1.807) is 11.3 Å². The Labute approximate surface area is 95.3 Å². The van der Waals surface area contributed by atoms with Gasteiger partial charge >= 0.3 is 0 Å². The molecule has 0 radical (unpaired) electrons. The minimum atomic E-state index is -0.318. The molecule has 84 valence electrons. The highest BCUT2D eigenvalue weighted by Gasteiger charge is 2.22. The van der Waals surface area contributed by atoms with E-state index in [0.717, 1.165) is 17.8 Å². The van der Waals surface area contributed by atoms with Crippen LogP contribution >= 0.6 is 11.3 Å². The smallest absolute Gasteiger partial charge is 0.103 e. The minimum Gasteiger partial charge on any atom is -0.386 e. The van der Waals surface area contributed by atoms with Crippen LogP contribution in [0.1, 0.15) is 41.5 Å².